The Morgan fingerprint density at radius 1 is 1.45 bits per heavy atom. The van der Waals surface area contributed by atoms with Crippen LogP contribution in [0.3, 0.4) is 0 Å². The summed E-state index contributed by atoms with van der Waals surface area (Å²) in [4.78, 5) is 2.47. The van der Waals surface area contributed by atoms with Gasteiger partial charge in [0.2, 0.25) is 0 Å². The smallest absolute Gasteiger partial charge is 0.0326 e. The van der Waals surface area contributed by atoms with Crippen LogP contribution >= 0.6 is 0 Å². The summed E-state index contributed by atoms with van der Waals surface area (Å²) in [5, 5.41) is 3.45. The van der Waals surface area contributed by atoms with Crippen molar-refractivity contribution in [1.82, 2.24) is 10.2 Å². The van der Waals surface area contributed by atoms with Gasteiger partial charge in [-0.1, -0.05) is 13.8 Å². The van der Waals surface area contributed by atoms with E-state index < -0.39 is 0 Å². The van der Waals surface area contributed by atoms with E-state index in [1.165, 1.54) is 6.54 Å². The number of nitrogens with one attached hydrogen (secondary N) is 1. The monoisotopic (exact) mass is 156 g/mol. The average molecular weight is 156 g/mol. The van der Waals surface area contributed by atoms with E-state index >= 15 is 0 Å². The number of likely N-dealkylation sites (N-methyl/N-ethyl adjacent to an activating group) is 1. The highest BCUT2D eigenvalue weighted by Gasteiger charge is 2.34. The second kappa shape index (κ2) is 3.11. The molecule has 1 aliphatic heterocycles. The van der Waals surface area contributed by atoms with E-state index in [0.717, 1.165) is 19.0 Å². The van der Waals surface area contributed by atoms with Gasteiger partial charge in [0.15, 0.2) is 0 Å². The van der Waals surface area contributed by atoms with Crippen molar-refractivity contribution < 1.29 is 0 Å². The Balaban J connectivity index is 2.64. The average Bonchev–Trinajstić information content (AvgIpc) is 1.95. The minimum absolute atomic E-state index is 0.359. The summed E-state index contributed by atoms with van der Waals surface area (Å²) in [6, 6.07) is 0. The predicted octanol–water partition coefficient (Wildman–Crippen LogP) is 0.936. The van der Waals surface area contributed by atoms with Gasteiger partial charge < -0.3 is 5.32 Å². The second-order valence-corrected chi connectivity index (χ2v) is 4.11. The maximum Gasteiger partial charge on any atom is 0.0326 e. The summed E-state index contributed by atoms with van der Waals surface area (Å²) >= 11 is 0. The first kappa shape index (κ1) is 9.01. The van der Waals surface area contributed by atoms with Crippen molar-refractivity contribution in [2.75, 3.05) is 26.7 Å². The maximum absolute atomic E-state index is 3.45. The third-order valence-electron chi connectivity index (χ3n) is 3.22. The van der Waals surface area contributed by atoms with Crippen LogP contribution < -0.4 is 5.32 Å². The number of piperazine rings is 1. The van der Waals surface area contributed by atoms with Gasteiger partial charge in [-0.05, 0) is 19.9 Å². The molecule has 1 saturated heterocycles. The molecule has 0 aliphatic carbocycles. The molecule has 0 aromatic rings. The molecule has 1 unspecified atom stereocenters. The van der Waals surface area contributed by atoms with Gasteiger partial charge in [0.1, 0.15) is 0 Å². The number of nitrogens with zero attached hydrogens (tertiary/aromatic N) is 1. The lowest BCUT2D eigenvalue weighted by atomic mass is 9.85. The Morgan fingerprint density at radius 3 is 2.45 bits per heavy atom. The van der Waals surface area contributed by atoms with Crippen LogP contribution in [0.15, 0.2) is 0 Å². The summed E-state index contributed by atoms with van der Waals surface area (Å²) in [5.41, 5.74) is 0.359. The van der Waals surface area contributed by atoms with Crippen molar-refractivity contribution in [3.63, 3.8) is 0 Å². The van der Waals surface area contributed by atoms with Crippen LogP contribution in [0.5, 0.6) is 0 Å². The van der Waals surface area contributed by atoms with Crippen LogP contribution in [0, 0.1) is 5.92 Å². The molecule has 1 aliphatic rings. The van der Waals surface area contributed by atoms with Gasteiger partial charge in [-0.2, -0.15) is 0 Å². The lowest BCUT2D eigenvalue weighted by Crippen LogP contribution is -2.60. The largest absolute Gasteiger partial charge is 0.314 e. The standard InChI is InChI=1S/C9H20N2/c1-8(2)9(3)7-10-5-6-11(9)4/h8,10H,5-7H2,1-4H3. The Morgan fingerprint density at radius 2 is 2.09 bits per heavy atom. The van der Waals surface area contributed by atoms with Crippen molar-refractivity contribution in [3.05, 3.63) is 0 Å². The first-order valence-electron chi connectivity index (χ1n) is 4.49. The van der Waals surface area contributed by atoms with Crippen molar-refractivity contribution in [2.24, 2.45) is 5.92 Å². The van der Waals surface area contributed by atoms with Crippen LogP contribution in [0.2, 0.25) is 0 Å². The van der Waals surface area contributed by atoms with E-state index in [0.29, 0.717) is 5.54 Å². The third-order valence-corrected chi connectivity index (χ3v) is 3.22. The van der Waals surface area contributed by atoms with E-state index in [9.17, 15) is 0 Å². The summed E-state index contributed by atoms with van der Waals surface area (Å²) < 4.78 is 0. The second-order valence-electron chi connectivity index (χ2n) is 4.11. The van der Waals surface area contributed by atoms with Crippen molar-refractivity contribution in [1.29, 1.82) is 0 Å². The molecule has 11 heavy (non-hydrogen) atoms. The fraction of sp³-hybridized carbons (Fsp3) is 1.00. The number of hydrogen-bond acceptors (Lipinski definition) is 2. The lowest BCUT2D eigenvalue weighted by Gasteiger charge is -2.46. The fourth-order valence-corrected chi connectivity index (χ4v) is 1.62. The van der Waals surface area contributed by atoms with Gasteiger partial charge in [-0.3, -0.25) is 4.90 Å². The zero-order valence-corrected chi connectivity index (χ0v) is 8.15. The van der Waals surface area contributed by atoms with Crippen LogP contribution in [0.1, 0.15) is 20.8 Å². The normalized spacial score (nSPS) is 34.6. The van der Waals surface area contributed by atoms with Gasteiger partial charge in [-0.25, -0.2) is 0 Å². The molecule has 0 amide bonds. The van der Waals surface area contributed by atoms with Gasteiger partial charge in [-0.15, -0.1) is 0 Å². The molecule has 1 fully saturated rings. The Bertz CT molecular complexity index is 134. The van der Waals surface area contributed by atoms with E-state index in [-0.39, 0.29) is 0 Å². The summed E-state index contributed by atoms with van der Waals surface area (Å²) in [6.07, 6.45) is 0. The van der Waals surface area contributed by atoms with Gasteiger partial charge in [0, 0.05) is 25.2 Å². The lowest BCUT2D eigenvalue weighted by molar-refractivity contribution is 0.0615. The van der Waals surface area contributed by atoms with Crippen molar-refractivity contribution in [3.8, 4) is 0 Å². The zero-order valence-electron chi connectivity index (χ0n) is 8.15. The topological polar surface area (TPSA) is 15.3 Å². The van der Waals surface area contributed by atoms with Crippen LogP contribution in [-0.4, -0.2) is 37.1 Å². The molecule has 0 saturated carbocycles. The van der Waals surface area contributed by atoms with Crippen LogP contribution in [0.25, 0.3) is 0 Å². The molecular formula is C9H20N2. The molecule has 1 N–H and O–H groups in total. The van der Waals surface area contributed by atoms with Crippen LogP contribution in [-0.2, 0) is 0 Å². The van der Waals surface area contributed by atoms with E-state index in [1.54, 1.807) is 0 Å². The molecule has 1 atom stereocenters. The first-order chi connectivity index (χ1) is 5.07. The minimum atomic E-state index is 0.359. The SMILES string of the molecule is CC(C)C1(C)CNCCN1C. The summed E-state index contributed by atoms with van der Waals surface area (Å²) in [5.74, 6) is 0.722. The molecular weight excluding hydrogens is 136 g/mol. The Kier molecular flexibility index (Phi) is 2.55. The zero-order chi connectivity index (χ0) is 8.48. The molecule has 2 heteroatoms. The third kappa shape index (κ3) is 1.57. The number of rotatable bonds is 1. The summed E-state index contributed by atoms with van der Waals surface area (Å²) in [6.45, 7) is 10.4. The first-order valence-corrected chi connectivity index (χ1v) is 4.49. The quantitative estimate of drug-likeness (QED) is 0.608. The number of hydrogen-bond donors (Lipinski definition) is 1. The van der Waals surface area contributed by atoms with Crippen molar-refractivity contribution in [2.45, 2.75) is 26.3 Å². The Labute approximate surface area is 70.0 Å². The maximum atomic E-state index is 3.45. The predicted molar refractivity (Wildman–Crippen MR) is 48.7 cm³/mol. The molecule has 0 spiro atoms. The molecule has 2 nitrogen and oxygen atoms in total. The molecule has 0 aromatic heterocycles. The minimum Gasteiger partial charge on any atom is -0.314 e. The Hall–Kier alpha value is -0.0800. The van der Waals surface area contributed by atoms with Gasteiger partial charge in [0.25, 0.3) is 0 Å². The summed E-state index contributed by atoms with van der Waals surface area (Å²) in [7, 11) is 2.22. The van der Waals surface area contributed by atoms with E-state index in [2.05, 4.69) is 38.0 Å². The molecule has 1 rings (SSSR count). The van der Waals surface area contributed by atoms with E-state index in [4.69, 9.17) is 0 Å². The highest BCUT2D eigenvalue weighted by Crippen LogP contribution is 2.23. The molecule has 0 radical (unpaired) electrons. The van der Waals surface area contributed by atoms with Gasteiger partial charge in [0.05, 0.1) is 0 Å². The molecule has 1 heterocycles. The molecule has 66 valence electrons. The molecule has 0 aromatic carbocycles. The van der Waals surface area contributed by atoms with E-state index in [1.807, 2.05) is 0 Å². The van der Waals surface area contributed by atoms with Crippen molar-refractivity contribution >= 4 is 0 Å². The van der Waals surface area contributed by atoms with Gasteiger partial charge >= 0.3 is 0 Å². The fourth-order valence-electron chi connectivity index (χ4n) is 1.62. The van der Waals surface area contributed by atoms with Crippen LogP contribution in [0.4, 0.5) is 0 Å². The molecule has 0 bridgehead atoms. The highest BCUT2D eigenvalue weighted by molar-refractivity contribution is 4.92. The highest BCUT2D eigenvalue weighted by atomic mass is 15.2.